The first kappa shape index (κ1) is 23.2. The fourth-order valence-electron chi connectivity index (χ4n) is 0. The van der Waals surface area contributed by atoms with Crippen molar-refractivity contribution in [2.45, 2.75) is 0 Å². The second-order valence-electron chi connectivity index (χ2n) is 0.250. The van der Waals surface area contributed by atoms with Crippen molar-refractivity contribution in [1.29, 1.82) is 0 Å². The molecule has 0 saturated carbocycles. The Morgan fingerprint density at radius 2 is 1.29 bits per heavy atom. The predicted octanol–water partition coefficient (Wildman–Crippen LogP) is -11.3. The minimum absolute atomic E-state index is 0. The maximum absolute atomic E-state index is 8.33. The number of carbonyl (C=O) groups excluding carboxylic acids is 1. The molecule has 0 N–H and O–H groups in total. The third kappa shape index (κ3) is 77.7. The summed E-state index contributed by atoms with van der Waals surface area (Å²) in [5.41, 5.74) is 0. The third-order valence-electron chi connectivity index (χ3n) is 0. The van der Waals surface area contributed by atoms with Gasteiger partial charge in [0.15, 0.2) is 0 Å². The Morgan fingerprint density at radius 1 is 1.29 bits per heavy atom. The summed E-state index contributed by atoms with van der Waals surface area (Å²) in [6.07, 6.45) is -2.33. The SMILES string of the molecule is O=C([O-])[O-].[H-].[Li+].[Na+].[Na+]. The van der Waals surface area contributed by atoms with E-state index in [4.69, 9.17) is 15.0 Å². The van der Waals surface area contributed by atoms with Gasteiger partial charge < -0.3 is 16.4 Å². The van der Waals surface area contributed by atoms with Crippen LogP contribution in [0, 0.1) is 0 Å². The zero-order valence-electron chi connectivity index (χ0n) is 5.72. The van der Waals surface area contributed by atoms with Gasteiger partial charge in [-0.2, -0.15) is 0 Å². The molecule has 3 nitrogen and oxygen atoms in total. The summed E-state index contributed by atoms with van der Waals surface area (Å²) < 4.78 is 0. The Hall–Kier alpha value is 1.87. The molecule has 0 spiro atoms. The molecule has 6 heteroatoms. The summed E-state index contributed by atoms with van der Waals surface area (Å²) in [7, 11) is 0. The van der Waals surface area contributed by atoms with Gasteiger partial charge in [0.05, 0.1) is 0 Å². The Kier molecular flexibility index (Phi) is 51.8. The molecular weight excluding hydrogens is 113 g/mol. The molecule has 0 amide bonds. The van der Waals surface area contributed by atoms with Crippen molar-refractivity contribution < 1.29 is 94.4 Å². The van der Waals surface area contributed by atoms with Crippen LogP contribution in [0.3, 0.4) is 0 Å². The van der Waals surface area contributed by atoms with Gasteiger partial charge in [-0.3, -0.25) is 0 Å². The quantitative estimate of drug-likeness (QED) is 0.294. The van der Waals surface area contributed by atoms with Crippen molar-refractivity contribution in [3.63, 3.8) is 0 Å². The molecule has 0 rings (SSSR count). The van der Waals surface area contributed by atoms with E-state index in [9.17, 15) is 0 Å². The van der Waals surface area contributed by atoms with Gasteiger partial charge >= 0.3 is 78.0 Å². The molecule has 0 aliphatic carbocycles. The van der Waals surface area contributed by atoms with Crippen LogP contribution in [0.5, 0.6) is 0 Å². The smallest absolute Gasteiger partial charge is 1.00 e. The van der Waals surface area contributed by atoms with E-state index in [1.165, 1.54) is 0 Å². The number of hydrogen-bond donors (Lipinski definition) is 0. The minimum Gasteiger partial charge on any atom is -1.00 e. The van der Waals surface area contributed by atoms with Gasteiger partial charge in [0, 0.05) is 0 Å². The van der Waals surface area contributed by atoms with Crippen LogP contribution < -0.4 is 88.2 Å². The molecule has 0 fully saturated rings. The Labute approximate surface area is 99.1 Å². The van der Waals surface area contributed by atoms with Crippen molar-refractivity contribution in [2.75, 3.05) is 0 Å². The molecule has 0 aromatic rings. The van der Waals surface area contributed by atoms with Gasteiger partial charge in [-0.05, 0) is 6.16 Å². The van der Waals surface area contributed by atoms with Crippen LogP contribution in [0.15, 0.2) is 0 Å². The van der Waals surface area contributed by atoms with E-state index in [2.05, 4.69) is 0 Å². The third-order valence-corrected chi connectivity index (χ3v) is 0. The zero-order valence-corrected chi connectivity index (χ0v) is 8.72. The molecular formula is CHLiNa2O3. The number of rotatable bonds is 0. The van der Waals surface area contributed by atoms with Crippen LogP contribution >= 0.6 is 0 Å². The van der Waals surface area contributed by atoms with E-state index >= 15 is 0 Å². The minimum atomic E-state index is -2.33. The molecule has 7 heavy (non-hydrogen) atoms. The molecule has 0 radical (unpaired) electrons. The summed E-state index contributed by atoms with van der Waals surface area (Å²) in [5, 5.41) is 16.7. The predicted molar refractivity (Wildman–Crippen MR) is 6.51 cm³/mol. The number of carbonyl (C=O) groups is 1. The van der Waals surface area contributed by atoms with E-state index < -0.39 is 6.16 Å². The molecule has 0 atom stereocenters. The van der Waals surface area contributed by atoms with Crippen LogP contribution in [-0.4, -0.2) is 6.16 Å². The van der Waals surface area contributed by atoms with Crippen LogP contribution in [0.25, 0.3) is 0 Å². The summed E-state index contributed by atoms with van der Waals surface area (Å²) in [5.74, 6) is 0. The van der Waals surface area contributed by atoms with E-state index in [-0.39, 0.29) is 79.4 Å². The molecule has 0 saturated heterocycles. The van der Waals surface area contributed by atoms with Crippen molar-refractivity contribution in [3.05, 3.63) is 0 Å². The molecule has 26 valence electrons. The molecule has 0 aromatic heterocycles. The Balaban J connectivity index is -0.00000000750. The van der Waals surface area contributed by atoms with E-state index in [1.807, 2.05) is 0 Å². The standard InChI is InChI=1S/CH2O3.Li.2Na.H/c2-1(3)4;;;;/h(H2,2,3,4);;;;/q;3*+1;-1/p-2. The first-order chi connectivity index (χ1) is 1.73. The van der Waals surface area contributed by atoms with E-state index in [0.29, 0.717) is 0 Å². The normalized spacial score (nSPS) is 3.43. The number of carboxylic acid groups (broad SMARTS) is 2. The molecule has 0 unspecified atom stereocenters. The van der Waals surface area contributed by atoms with Crippen molar-refractivity contribution in [2.24, 2.45) is 0 Å². The monoisotopic (exact) mass is 114 g/mol. The summed E-state index contributed by atoms with van der Waals surface area (Å²) in [6.45, 7) is 0. The van der Waals surface area contributed by atoms with Gasteiger partial charge in [-0.15, -0.1) is 0 Å². The van der Waals surface area contributed by atoms with Crippen LogP contribution in [0.4, 0.5) is 4.79 Å². The van der Waals surface area contributed by atoms with Gasteiger partial charge in [0.1, 0.15) is 0 Å². The Bertz CT molecular complexity index is 40.3. The van der Waals surface area contributed by atoms with Gasteiger partial charge in [-0.25, -0.2) is 0 Å². The fourth-order valence-corrected chi connectivity index (χ4v) is 0. The van der Waals surface area contributed by atoms with Gasteiger partial charge in [0.2, 0.25) is 0 Å². The van der Waals surface area contributed by atoms with Crippen LogP contribution in [-0.2, 0) is 0 Å². The van der Waals surface area contributed by atoms with E-state index in [1.54, 1.807) is 0 Å². The topological polar surface area (TPSA) is 63.2 Å². The molecule has 0 heterocycles. The molecule has 0 aromatic carbocycles. The van der Waals surface area contributed by atoms with Gasteiger partial charge in [0.25, 0.3) is 0 Å². The molecule has 0 aliphatic heterocycles. The average Bonchev–Trinajstić information content (AvgIpc) is 0.811. The first-order valence-corrected chi connectivity index (χ1v) is 0.612. The summed E-state index contributed by atoms with van der Waals surface area (Å²) in [6, 6.07) is 0. The van der Waals surface area contributed by atoms with E-state index in [0.717, 1.165) is 0 Å². The second kappa shape index (κ2) is 15.7. The second-order valence-corrected chi connectivity index (χ2v) is 0.250. The van der Waals surface area contributed by atoms with Crippen molar-refractivity contribution in [1.82, 2.24) is 0 Å². The van der Waals surface area contributed by atoms with Crippen molar-refractivity contribution >= 4 is 6.16 Å². The summed E-state index contributed by atoms with van der Waals surface area (Å²) in [4.78, 5) is 8.33. The van der Waals surface area contributed by atoms with Crippen LogP contribution in [0.1, 0.15) is 1.43 Å². The summed E-state index contributed by atoms with van der Waals surface area (Å²) >= 11 is 0. The maximum atomic E-state index is 8.33. The fraction of sp³-hybridized carbons (Fsp3) is 0. The maximum Gasteiger partial charge on any atom is 1.00 e. The van der Waals surface area contributed by atoms with Crippen molar-refractivity contribution in [3.8, 4) is 0 Å². The first-order valence-electron chi connectivity index (χ1n) is 0.612. The largest absolute Gasteiger partial charge is 1.00 e. The zero-order chi connectivity index (χ0) is 3.58. The van der Waals surface area contributed by atoms with Gasteiger partial charge in [-0.1, -0.05) is 0 Å². The van der Waals surface area contributed by atoms with Crippen LogP contribution in [0.2, 0.25) is 0 Å². The molecule has 0 aliphatic rings. The average molecular weight is 114 g/mol. The number of hydrogen-bond acceptors (Lipinski definition) is 3. The molecule has 0 bridgehead atoms. The Morgan fingerprint density at radius 3 is 1.29 bits per heavy atom.